The van der Waals surface area contributed by atoms with Gasteiger partial charge in [-0.3, -0.25) is 15.1 Å². The van der Waals surface area contributed by atoms with Crippen molar-refractivity contribution in [1.82, 2.24) is 15.3 Å². The molecule has 4 aromatic rings. The predicted molar refractivity (Wildman–Crippen MR) is 170 cm³/mol. The molecule has 0 aliphatic heterocycles. The quantitative estimate of drug-likeness (QED) is 0.0668. The molecule has 0 radical (unpaired) electrons. The maximum absolute atomic E-state index is 13.3. The van der Waals surface area contributed by atoms with Crippen molar-refractivity contribution in [3.8, 4) is 11.3 Å². The maximum atomic E-state index is 13.3. The number of carbonyl (C=O) groups is 2. The third-order valence-electron chi connectivity index (χ3n) is 6.67. The highest BCUT2D eigenvalue weighted by Gasteiger charge is 2.22. The second kappa shape index (κ2) is 14.5. The van der Waals surface area contributed by atoms with Gasteiger partial charge in [0.2, 0.25) is 5.91 Å². The van der Waals surface area contributed by atoms with Gasteiger partial charge in [-0.25, -0.2) is 15.6 Å². The summed E-state index contributed by atoms with van der Waals surface area (Å²) in [5.41, 5.74) is 4.21. The number of amidine groups is 1. The highest BCUT2D eigenvalue weighted by Crippen LogP contribution is 2.30. The van der Waals surface area contributed by atoms with E-state index in [1.165, 1.54) is 12.1 Å². The fourth-order valence-corrected chi connectivity index (χ4v) is 4.86. The minimum Gasteiger partial charge on any atom is -0.453 e. The first kappa shape index (κ1) is 31.4. The van der Waals surface area contributed by atoms with Crippen LogP contribution in [0.2, 0.25) is 10.2 Å². The van der Waals surface area contributed by atoms with Crippen LogP contribution in [0.25, 0.3) is 11.3 Å². The normalized spacial score (nSPS) is 12.0. The van der Waals surface area contributed by atoms with Gasteiger partial charge in [0.1, 0.15) is 22.5 Å². The van der Waals surface area contributed by atoms with Crippen LogP contribution in [-0.4, -0.2) is 34.9 Å². The first-order valence-corrected chi connectivity index (χ1v) is 14.1. The van der Waals surface area contributed by atoms with E-state index in [0.717, 1.165) is 16.7 Å². The molecule has 0 fully saturated rings. The number of carbonyl (C=O) groups excluding carboxylic acids is 2. The summed E-state index contributed by atoms with van der Waals surface area (Å²) in [7, 11) is 1.29. The summed E-state index contributed by atoms with van der Waals surface area (Å²) in [6.45, 7) is 1.68. The molecule has 0 unspecified atom stereocenters. The van der Waals surface area contributed by atoms with Crippen LogP contribution in [0.4, 0.5) is 16.2 Å². The molecule has 4 rings (SSSR count). The number of halogens is 2. The Morgan fingerprint density at radius 3 is 2.49 bits per heavy atom. The molecule has 7 N–H and O–H groups in total. The van der Waals surface area contributed by atoms with Crippen LogP contribution < -0.4 is 27.3 Å². The van der Waals surface area contributed by atoms with Gasteiger partial charge in [-0.15, -0.1) is 0 Å². The number of methoxy groups -OCH3 is 1. The number of rotatable bonds is 10. The van der Waals surface area contributed by atoms with Crippen molar-refractivity contribution >= 4 is 52.4 Å². The zero-order chi connectivity index (χ0) is 30.9. The summed E-state index contributed by atoms with van der Waals surface area (Å²) >= 11 is 12.8. The lowest BCUT2D eigenvalue weighted by atomic mass is 10.0. The van der Waals surface area contributed by atoms with E-state index in [9.17, 15) is 9.59 Å². The molecular formula is C30H32Cl2N8O3. The summed E-state index contributed by atoms with van der Waals surface area (Å²) < 4.78 is 4.63. The largest absolute Gasteiger partial charge is 0.453 e. The van der Waals surface area contributed by atoms with Crippen molar-refractivity contribution in [2.24, 2.45) is 16.8 Å². The number of anilines is 2. The molecule has 11 nitrogen and oxygen atoms in total. The van der Waals surface area contributed by atoms with Gasteiger partial charge in [-0.05, 0) is 61.2 Å². The van der Waals surface area contributed by atoms with Gasteiger partial charge in [0, 0.05) is 22.7 Å². The fraction of sp³-hybridized carbons (Fsp3) is 0.200. The Hall–Kier alpha value is -4.58. The van der Waals surface area contributed by atoms with Gasteiger partial charge >= 0.3 is 6.09 Å². The van der Waals surface area contributed by atoms with E-state index in [4.69, 9.17) is 39.9 Å². The van der Waals surface area contributed by atoms with Crippen LogP contribution in [0.3, 0.4) is 0 Å². The number of aromatic nitrogens is 2. The van der Waals surface area contributed by atoms with E-state index in [1.807, 2.05) is 30.3 Å². The van der Waals surface area contributed by atoms with Crippen LogP contribution >= 0.6 is 23.2 Å². The second-order valence-corrected chi connectivity index (χ2v) is 10.4. The molecule has 0 spiro atoms. The number of nitrogens with one attached hydrogen (secondary N) is 3. The summed E-state index contributed by atoms with van der Waals surface area (Å²) in [4.78, 5) is 32.7. The number of amides is 2. The van der Waals surface area contributed by atoms with Gasteiger partial charge in [0.15, 0.2) is 0 Å². The number of hydrazone groups is 1. The van der Waals surface area contributed by atoms with Crippen molar-refractivity contribution in [2.45, 2.75) is 32.2 Å². The minimum atomic E-state index is -0.571. The zero-order valence-corrected chi connectivity index (χ0v) is 25.1. The molecule has 0 aliphatic carbocycles. The third kappa shape index (κ3) is 8.25. The molecule has 224 valence electrons. The van der Waals surface area contributed by atoms with E-state index in [0.29, 0.717) is 51.7 Å². The maximum Gasteiger partial charge on any atom is 0.411 e. The van der Waals surface area contributed by atoms with Crippen LogP contribution in [-0.2, 0) is 22.4 Å². The number of ether oxygens (including phenoxy) is 1. The number of nitrogens with two attached hydrogens (primary N) is 2. The summed E-state index contributed by atoms with van der Waals surface area (Å²) in [5, 5.41) is 11.5. The summed E-state index contributed by atoms with van der Waals surface area (Å²) in [6, 6.07) is 21.5. The average molecular weight is 624 g/mol. The number of aromatic amines is 1. The first-order valence-electron chi connectivity index (χ1n) is 13.3. The molecule has 13 heteroatoms. The molecule has 43 heavy (non-hydrogen) atoms. The summed E-state index contributed by atoms with van der Waals surface area (Å²) in [5.74, 6) is 12.3. The molecule has 0 aliphatic rings. The Morgan fingerprint density at radius 2 is 1.81 bits per heavy atom. The Kier molecular flexibility index (Phi) is 10.6. The monoisotopic (exact) mass is 622 g/mol. The first-order chi connectivity index (χ1) is 20.7. The lowest BCUT2D eigenvalue weighted by Gasteiger charge is -2.21. The summed E-state index contributed by atoms with van der Waals surface area (Å²) in [6.07, 6.45) is 0.421. The van der Waals surface area contributed by atoms with Crippen LogP contribution in [0.15, 0.2) is 77.9 Å². The van der Waals surface area contributed by atoms with E-state index in [2.05, 4.69) is 25.5 Å². The number of nitrogens with zero attached hydrogens (tertiary/aromatic N) is 3. The Morgan fingerprint density at radius 1 is 1.09 bits per heavy atom. The predicted octanol–water partition coefficient (Wildman–Crippen LogP) is 5.57. The topological polar surface area (TPSA) is 164 Å². The van der Waals surface area contributed by atoms with Crippen LogP contribution in [0.1, 0.15) is 36.3 Å². The lowest BCUT2D eigenvalue weighted by molar-refractivity contribution is -0.121. The number of hydrogen-bond donors (Lipinski definition) is 5. The van der Waals surface area contributed by atoms with Gasteiger partial charge < -0.3 is 20.9 Å². The van der Waals surface area contributed by atoms with E-state index in [1.54, 1.807) is 49.4 Å². The van der Waals surface area contributed by atoms with Crippen molar-refractivity contribution in [1.29, 1.82) is 0 Å². The Bertz CT molecular complexity index is 1590. The van der Waals surface area contributed by atoms with Crippen molar-refractivity contribution in [3.63, 3.8) is 0 Å². The van der Waals surface area contributed by atoms with Crippen molar-refractivity contribution in [2.75, 3.05) is 17.4 Å². The fourth-order valence-electron chi connectivity index (χ4n) is 4.41. The average Bonchev–Trinajstić information content (AvgIpc) is 3.41. The molecule has 1 aromatic heterocycles. The van der Waals surface area contributed by atoms with E-state index < -0.39 is 12.1 Å². The SMILES string of the molecule is COC(=O)Nc1ccc(-c2nc([C@H](Cc3ccccc3)NC(=O)CCc3cc(Cl)ccc3N(N)/C(C)=N\N)[nH]c2Cl)cc1. The number of hydrogen-bond acceptors (Lipinski definition) is 7. The number of aryl methyl sites for hydroxylation is 1. The van der Waals surface area contributed by atoms with Crippen molar-refractivity contribution < 1.29 is 14.3 Å². The van der Waals surface area contributed by atoms with Gasteiger partial charge in [0.25, 0.3) is 0 Å². The molecule has 3 aromatic carbocycles. The molecule has 0 saturated carbocycles. The van der Waals surface area contributed by atoms with Gasteiger partial charge in [-0.1, -0.05) is 65.7 Å². The van der Waals surface area contributed by atoms with Crippen LogP contribution in [0.5, 0.6) is 0 Å². The second-order valence-electron chi connectivity index (χ2n) is 9.61. The number of benzene rings is 3. The highest BCUT2D eigenvalue weighted by atomic mass is 35.5. The highest BCUT2D eigenvalue weighted by molar-refractivity contribution is 6.32. The smallest absolute Gasteiger partial charge is 0.411 e. The van der Waals surface area contributed by atoms with E-state index >= 15 is 0 Å². The van der Waals surface area contributed by atoms with Gasteiger partial charge in [0.05, 0.1) is 18.8 Å². The number of H-pyrrole nitrogens is 1. The van der Waals surface area contributed by atoms with Crippen LogP contribution in [0, 0.1) is 0 Å². The Balaban J connectivity index is 1.54. The van der Waals surface area contributed by atoms with Crippen molar-refractivity contribution in [3.05, 3.63) is 99.9 Å². The van der Waals surface area contributed by atoms with E-state index in [-0.39, 0.29) is 12.3 Å². The molecule has 1 heterocycles. The number of imidazole rings is 1. The zero-order valence-electron chi connectivity index (χ0n) is 23.6. The Labute approximate surface area is 259 Å². The standard InChI is InChI=1S/C30H32Cl2N8O3/c1-18(39-33)40(34)25-14-11-22(31)17-21(25)10-15-26(41)36-24(16-19-6-4-3-5-7-19)29-37-27(28(32)38-29)20-8-12-23(13-9-20)35-30(42)43-2/h3-9,11-14,17,24H,10,15-16,33-34H2,1-2H3,(H,35,42)(H,36,41)(H,37,38)/b39-18-/t24-/m0/s1. The third-order valence-corrected chi connectivity index (χ3v) is 7.18. The van der Waals surface area contributed by atoms with Gasteiger partial charge in [-0.2, -0.15) is 5.10 Å². The minimum absolute atomic E-state index is 0.154. The molecule has 1 atom stereocenters. The molecule has 0 bridgehead atoms. The lowest BCUT2D eigenvalue weighted by Crippen LogP contribution is -2.37. The molecular weight excluding hydrogens is 591 g/mol. The molecule has 2 amide bonds. The number of hydrazine groups is 1. The molecule has 0 saturated heterocycles.